The Morgan fingerprint density at radius 3 is 2.77 bits per heavy atom. The van der Waals surface area contributed by atoms with Crippen molar-refractivity contribution in [2.24, 2.45) is 29.1 Å². The van der Waals surface area contributed by atoms with E-state index in [1.165, 1.54) is 12.8 Å². The molecule has 0 radical (unpaired) electrons. The van der Waals surface area contributed by atoms with Crippen LogP contribution in [-0.4, -0.2) is 5.67 Å². The zero-order valence-electron chi connectivity index (χ0n) is 8.22. The molecule has 1 heteroatoms. The van der Waals surface area contributed by atoms with E-state index >= 15 is 0 Å². The van der Waals surface area contributed by atoms with Crippen LogP contribution in [0.2, 0.25) is 0 Å². The number of alkyl halides is 1. The Morgan fingerprint density at radius 1 is 1.23 bits per heavy atom. The van der Waals surface area contributed by atoms with E-state index in [4.69, 9.17) is 0 Å². The van der Waals surface area contributed by atoms with Gasteiger partial charge in [0.1, 0.15) is 5.67 Å². The van der Waals surface area contributed by atoms with E-state index in [9.17, 15) is 4.39 Å². The standard InChI is InChI=1S/C12H17F/c1-7-10-9-2-8-3-11(13,5-9)6-12(7,10)4-8/h7-10H,2-6H2,1H3/t7?,8?,9?,10-,11-,12?/m0/s1. The van der Waals surface area contributed by atoms with Crippen LogP contribution in [0.5, 0.6) is 0 Å². The normalized spacial score (nSPS) is 72.5. The van der Waals surface area contributed by atoms with Crippen LogP contribution >= 0.6 is 0 Å². The largest absolute Gasteiger partial charge is 0.244 e. The van der Waals surface area contributed by atoms with Gasteiger partial charge in [-0.2, -0.15) is 0 Å². The highest BCUT2D eigenvalue weighted by Crippen LogP contribution is 2.79. The second-order valence-electron chi connectivity index (χ2n) is 6.35. The van der Waals surface area contributed by atoms with Gasteiger partial charge in [0.15, 0.2) is 0 Å². The molecule has 0 aromatic heterocycles. The molecule has 0 aliphatic heterocycles. The van der Waals surface area contributed by atoms with E-state index in [1.54, 1.807) is 0 Å². The third-order valence-corrected chi connectivity index (χ3v) is 5.74. The highest BCUT2D eigenvalue weighted by molar-refractivity contribution is 5.23. The molecular weight excluding hydrogens is 163 g/mol. The fourth-order valence-corrected chi connectivity index (χ4v) is 5.65. The topological polar surface area (TPSA) is 0 Å². The minimum Gasteiger partial charge on any atom is -0.244 e. The molecule has 5 saturated carbocycles. The maximum absolute atomic E-state index is 14.3. The van der Waals surface area contributed by atoms with Gasteiger partial charge in [-0.15, -0.1) is 0 Å². The molecule has 0 amide bonds. The van der Waals surface area contributed by atoms with Crippen LogP contribution in [0.3, 0.4) is 0 Å². The Bertz CT molecular complexity index is 287. The van der Waals surface area contributed by atoms with Gasteiger partial charge in [-0.25, -0.2) is 4.39 Å². The first kappa shape index (κ1) is 7.25. The van der Waals surface area contributed by atoms with Crippen molar-refractivity contribution in [2.45, 2.75) is 44.7 Å². The molecule has 13 heavy (non-hydrogen) atoms. The van der Waals surface area contributed by atoms with E-state index in [1.807, 2.05) is 0 Å². The SMILES string of the molecule is CC1[C@H]2C3CC4CC12C[C@](F)(C4)C3. The summed E-state index contributed by atoms with van der Waals surface area (Å²) in [4.78, 5) is 0. The third kappa shape index (κ3) is 0.638. The fraction of sp³-hybridized carbons (Fsp3) is 1.00. The summed E-state index contributed by atoms with van der Waals surface area (Å²) in [6.45, 7) is 2.37. The van der Waals surface area contributed by atoms with Crippen LogP contribution in [-0.2, 0) is 0 Å². The van der Waals surface area contributed by atoms with Crippen molar-refractivity contribution in [3.63, 3.8) is 0 Å². The predicted molar refractivity (Wildman–Crippen MR) is 49.0 cm³/mol. The molecule has 4 bridgehead atoms. The van der Waals surface area contributed by atoms with Gasteiger partial charge < -0.3 is 0 Å². The van der Waals surface area contributed by atoms with E-state index in [0.717, 1.165) is 42.9 Å². The molecule has 0 saturated heterocycles. The second kappa shape index (κ2) is 1.70. The average molecular weight is 180 g/mol. The van der Waals surface area contributed by atoms with Crippen LogP contribution in [0.25, 0.3) is 0 Å². The van der Waals surface area contributed by atoms with Crippen molar-refractivity contribution in [2.75, 3.05) is 0 Å². The summed E-state index contributed by atoms with van der Waals surface area (Å²) < 4.78 is 14.3. The molecule has 0 heterocycles. The molecule has 1 spiro atoms. The second-order valence-corrected chi connectivity index (χ2v) is 6.35. The quantitative estimate of drug-likeness (QED) is 0.537. The van der Waals surface area contributed by atoms with Crippen molar-refractivity contribution in [1.29, 1.82) is 0 Å². The zero-order chi connectivity index (χ0) is 8.84. The van der Waals surface area contributed by atoms with Gasteiger partial charge in [0.25, 0.3) is 0 Å². The van der Waals surface area contributed by atoms with Gasteiger partial charge in [-0.3, -0.25) is 0 Å². The van der Waals surface area contributed by atoms with Gasteiger partial charge in [0.05, 0.1) is 0 Å². The van der Waals surface area contributed by atoms with E-state index in [0.29, 0.717) is 5.41 Å². The van der Waals surface area contributed by atoms with Gasteiger partial charge in [-0.1, -0.05) is 6.92 Å². The van der Waals surface area contributed by atoms with E-state index in [2.05, 4.69) is 6.92 Å². The van der Waals surface area contributed by atoms with Crippen LogP contribution in [0, 0.1) is 29.1 Å². The van der Waals surface area contributed by atoms with Crippen molar-refractivity contribution >= 4 is 0 Å². The van der Waals surface area contributed by atoms with Crippen LogP contribution < -0.4 is 0 Å². The molecule has 0 N–H and O–H groups in total. The van der Waals surface area contributed by atoms with Crippen LogP contribution in [0.15, 0.2) is 0 Å². The van der Waals surface area contributed by atoms with Gasteiger partial charge in [-0.05, 0) is 61.2 Å². The summed E-state index contributed by atoms with van der Waals surface area (Å²) in [7, 11) is 0. The summed E-state index contributed by atoms with van der Waals surface area (Å²) in [5.41, 5.74) is -0.202. The predicted octanol–water partition coefficient (Wildman–Crippen LogP) is 3.17. The average Bonchev–Trinajstić information content (AvgIpc) is 2.51. The fourth-order valence-electron chi connectivity index (χ4n) is 5.65. The lowest BCUT2D eigenvalue weighted by atomic mass is 9.55. The minimum atomic E-state index is -0.715. The number of hydrogen-bond donors (Lipinski definition) is 0. The maximum atomic E-state index is 14.3. The molecule has 72 valence electrons. The Morgan fingerprint density at radius 2 is 2.08 bits per heavy atom. The lowest BCUT2D eigenvalue weighted by Gasteiger charge is -2.52. The first-order valence-corrected chi connectivity index (χ1v) is 5.82. The van der Waals surface area contributed by atoms with Crippen LogP contribution in [0.1, 0.15) is 39.0 Å². The van der Waals surface area contributed by atoms with Gasteiger partial charge in [0.2, 0.25) is 0 Å². The lowest BCUT2D eigenvalue weighted by Crippen LogP contribution is -2.48. The summed E-state index contributed by atoms with van der Waals surface area (Å²) in [5.74, 6) is 3.34. The van der Waals surface area contributed by atoms with E-state index < -0.39 is 5.67 Å². The summed E-state index contributed by atoms with van der Waals surface area (Å²) in [6, 6.07) is 0. The Kier molecular flexibility index (Phi) is 0.950. The summed E-state index contributed by atoms with van der Waals surface area (Å²) in [6.07, 6.45) is 5.49. The molecule has 5 aliphatic rings. The number of halogens is 1. The smallest absolute Gasteiger partial charge is 0.112 e. The van der Waals surface area contributed by atoms with E-state index in [-0.39, 0.29) is 0 Å². The Balaban J connectivity index is 1.84. The molecule has 0 aromatic rings. The van der Waals surface area contributed by atoms with Crippen molar-refractivity contribution in [3.05, 3.63) is 0 Å². The van der Waals surface area contributed by atoms with Crippen molar-refractivity contribution < 1.29 is 4.39 Å². The molecule has 5 rings (SSSR count). The monoisotopic (exact) mass is 180 g/mol. The molecule has 6 atom stereocenters. The van der Waals surface area contributed by atoms with Gasteiger partial charge in [0, 0.05) is 0 Å². The minimum absolute atomic E-state index is 0.513. The molecule has 5 aliphatic carbocycles. The molecule has 0 nitrogen and oxygen atoms in total. The summed E-state index contributed by atoms with van der Waals surface area (Å²) in [5, 5.41) is 0. The Labute approximate surface area is 78.9 Å². The van der Waals surface area contributed by atoms with Crippen molar-refractivity contribution in [1.82, 2.24) is 0 Å². The maximum Gasteiger partial charge on any atom is 0.112 e. The lowest BCUT2D eigenvalue weighted by molar-refractivity contribution is -0.0792. The first-order valence-electron chi connectivity index (χ1n) is 5.82. The molecule has 0 aromatic carbocycles. The van der Waals surface area contributed by atoms with Crippen LogP contribution in [0.4, 0.5) is 4.39 Å². The van der Waals surface area contributed by atoms with Crippen molar-refractivity contribution in [3.8, 4) is 0 Å². The molecule has 5 fully saturated rings. The molecule has 4 unspecified atom stereocenters. The summed E-state index contributed by atoms with van der Waals surface area (Å²) >= 11 is 0. The zero-order valence-corrected chi connectivity index (χ0v) is 8.22. The van der Waals surface area contributed by atoms with Gasteiger partial charge >= 0.3 is 0 Å². The third-order valence-electron chi connectivity index (χ3n) is 5.74. The first-order chi connectivity index (χ1) is 6.13. The molecular formula is C12H17F. The highest BCUT2D eigenvalue weighted by atomic mass is 19.1. The highest BCUT2D eigenvalue weighted by Gasteiger charge is 2.75. The Hall–Kier alpha value is -0.0700. The number of hydrogen-bond acceptors (Lipinski definition) is 0. The number of rotatable bonds is 0.